The summed E-state index contributed by atoms with van der Waals surface area (Å²) < 4.78 is 5.29. The maximum Gasteiger partial charge on any atom is 0.407 e. The molecule has 0 bridgehead atoms. The Hall–Kier alpha value is -1.76. The molecule has 1 rings (SSSR count). The standard InChI is InChI=1S/C17H30N4O2S/c1-12(2)14(21-16(22)23-17(3,4)5)11-20-15(18)19-9-8-13-7-6-10-24-13/h6-7,10,12,14H,8-9,11H2,1-5H3,(H,21,22)(H3,18,19,20). The fourth-order valence-electron chi connectivity index (χ4n) is 1.90. The van der Waals surface area contributed by atoms with Crippen molar-refractivity contribution in [3.8, 4) is 0 Å². The number of rotatable bonds is 7. The Bertz CT molecular complexity index is 521. The zero-order valence-corrected chi connectivity index (χ0v) is 16.1. The van der Waals surface area contributed by atoms with Crippen LogP contribution in [0.15, 0.2) is 22.5 Å². The third-order valence-corrected chi connectivity index (χ3v) is 4.16. The van der Waals surface area contributed by atoms with Crippen LogP contribution >= 0.6 is 11.3 Å². The van der Waals surface area contributed by atoms with Gasteiger partial charge in [0, 0.05) is 11.4 Å². The van der Waals surface area contributed by atoms with Crippen molar-refractivity contribution in [1.29, 1.82) is 0 Å². The highest BCUT2D eigenvalue weighted by Crippen LogP contribution is 2.09. The van der Waals surface area contributed by atoms with Crippen molar-refractivity contribution >= 4 is 23.4 Å². The van der Waals surface area contributed by atoms with E-state index >= 15 is 0 Å². The van der Waals surface area contributed by atoms with Crippen molar-refractivity contribution < 1.29 is 9.53 Å². The van der Waals surface area contributed by atoms with Crippen molar-refractivity contribution in [3.63, 3.8) is 0 Å². The first-order valence-electron chi connectivity index (χ1n) is 8.23. The Morgan fingerprint density at radius 3 is 2.67 bits per heavy atom. The number of hydrogen-bond acceptors (Lipinski definition) is 4. The van der Waals surface area contributed by atoms with Crippen molar-refractivity contribution in [1.82, 2.24) is 10.6 Å². The lowest BCUT2D eigenvalue weighted by atomic mass is 10.1. The van der Waals surface area contributed by atoms with E-state index < -0.39 is 11.7 Å². The molecule has 1 aromatic rings. The molecule has 0 aliphatic heterocycles. The van der Waals surface area contributed by atoms with E-state index in [4.69, 9.17) is 10.5 Å². The maximum atomic E-state index is 11.9. The molecule has 136 valence electrons. The quantitative estimate of drug-likeness (QED) is 0.519. The Balaban J connectivity index is 2.41. The van der Waals surface area contributed by atoms with Crippen molar-refractivity contribution in [3.05, 3.63) is 22.4 Å². The van der Waals surface area contributed by atoms with E-state index in [1.165, 1.54) is 4.88 Å². The first-order valence-corrected chi connectivity index (χ1v) is 9.11. The van der Waals surface area contributed by atoms with Crippen LogP contribution in [0.5, 0.6) is 0 Å². The molecule has 0 spiro atoms. The van der Waals surface area contributed by atoms with E-state index in [0.29, 0.717) is 12.5 Å². The Labute approximate surface area is 148 Å². The molecule has 0 aliphatic rings. The number of amides is 1. The summed E-state index contributed by atoms with van der Waals surface area (Å²) in [5.41, 5.74) is 5.38. The van der Waals surface area contributed by atoms with Gasteiger partial charge in [-0.1, -0.05) is 19.9 Å². The summed E-state index contributed by atoms with van der Waals surface area (Å²) in [6.45, 7) is 10.7. The number of thiophene rings is 1. The second kappa shape index (κ2) is 9.52. The summed E-state index contributed by atoms with van der Waals surface area (Å²) in [4.78, 5) is 17.5. The van der Waals surface area contributed by atoms with E-state index in [2.05, 4.69) is 27.1 Å². The molecule has 1 heterocycles. The van der Waals surface area contributed by atoms with E-state index in [-0.39, 0.29) is 12.0 Å². The van der Waals surface area contributed by atoms with Crippen LogP contribution in [0.2, 0.25) is 0 Å². The molecule has 1 atom stereocenters. The second-order valence-electron chi connectivity index (χ2n) is 6.98. The summed E-state index contributed by atoms with van der Waals surface area (Å²) in [6.07, 6.45) is 0.484. The number of aliphatic imine (C=N–C) groups is 1. The molecule has 0 radical (unpaired) electrons. The molecule has 7 heteroatoms. The van der Waals surface area contributed by atoms with Gasteiger partial charge in [-0.15, -0.1) is 11.3 Å². The smallest absolute Gasteiger partial charge is 0.407 e. The third-order valence-electron chi connectivity index (χ3n) is 3.22. The fourth-order valence-corrected chi connectivity index (χ4v) is 2.61. The highest BCUT2D eigenvalue weighted by Gasteiger charge is 2.21. The van der Waals surface area contributed by atoms with Gasteiger partial charge < -0.3 is 21.1 Å². The lowest BCUT2D eigenvalue weighted by Crippen LogP contribution is -2.44. The van der Waals surface area contributed by atoms with E-state index in [9.17, 15) is 4.79 Å². The molecule has 4 N–H and O–H groups in total. The predicted octanol–water partition coefficient (Wildman–Crippen LogP) is 2.74. The molecule has 0 aliphatic carbocycles. The van der Waals surface area contributed by atoms with Crippen molar-refractivity contribution in [2.45, 2.75) is 52.7 Å². The zero-order chi connectivity index (χ0) is 18.2. The highest BCUT2D eigenvalue weighted by molar-refractivity contribution is 7.09. The van der Waals surface area contributed by atoms with Crippen LogP contribution < -0.4 is 16.4 Å². The number of hydrogen-bond donors (Lipinski definition) is 3. The minimum absolute atomic E-state index is 0.127. The van der Waals surface area contributed by atoms with Gasteiger partial charge in [0.15, 0.2) is 5.96 Å². The van der Waals surface area contributed by atoms with Crippen LogP contribution in [0.25, 0.3) is 0 Å². The highest BCUT2D eigenvalue weighted by atomic mass is 32.1. The Morgan fingerprint density at radius 2 is 2.12 bits per heavy atom. The maximum absolute atomic E-state index is 11.9. The van der Waals surface area contributed by atoms with Crippen LogP contribution in [0.3, 0.4) is 0 Å². The minimum Gasteiger partial charge on any atom is -0.444 e. The molecule has 1 aromatic heterocycles. The van der Waals surface area contributed by atoms with Gasteiger partial charge in [0.1, 0.15) is 5.60 Å². The van der Waals surface area contributed by atoms with Crippen LogP contribution in [-0.4, -0.2) is 36.8 Å². The van der Waals surface area contributed by atoms with Gasteiger partial charge in [-0.2, -0.15) is 0 Å². The number of nitrogens with one attached hydrogen (secondary N) is 2. The SMILES string of the molecule is CC(C)C(CN=C(N)NCCc1cccs1)NC(=O)OC(C)(C)C. The van der Waals surface area contributed by atoms with Crippen molar-refractivity contribution in [2.24, 2.45) is 16.6 Å². The minimum atomic E-state index is -0.517. The van der Waals surface area contributed by atoms with E-state index in [1.807, 2.05) is 40.7 Å². The predicted molar refractivity (Wildman–Crippen MR) is 101 cm³/mol. The molecule has 0 saturated heterocycles. The van der Waals surface area contributed by atoms with E-state index in [1.54, 1.807) is 11.3 Å². The summed E-state index contributed by atoms with van der Waals surface area (Å²) in [5, 5.41) is 8.01. The topological polar surface area (TPSA) is 88.7 Å². The number of nitrogens with zero attached hydrogens (tertiary/aromatic N) is 1. The molecule has 1 amide bonds. The summed E-state index contributed by atoms with van der Waals surface area (Å²) in [5.74, 6) is 0.614. The summed E-state index contributed by atoms with van der Waals surface area (Å²) in [7, 11) is 0. The normalized spacial score (nSPS) is 13.7. The molecular weight excluding hydrogens is 324 g/mol. The average molecular weight is 355 g/mol. The van der Waals surface area contributed by atoms with Crippen LogP contribution in [-0.2, 0) is 11.2 Å². The Morgan fingerprint density at radius 1 is 1.42 bits per heavy atom. The number of carbonyl (C=O) groups excluding carboxylic acids is 1. The third kappa shape index (κ3) is 8.76. The first-order chi connectivity index (χ1) is 11.2. The van der Waals surface area contributed by atoms with Crippen LogP contribution in [0, 0.1) is 5.92 Å². The lowest BCUT2D eigenvalue weighted by Gasteiger charge is -2.25. The van der Waals surface area contributed by atoms with Gasteiger partial charge in [0.2, 0.25) is 0 Å². The first kappa shape index (κ1) is 20.3. The van der Waals surface area contributed by atoms with Crippen LogP contribution in [0.4, 0.5) is 4.79 Å². The van der Waals surface area contributed by atoms with Gasteiger partial charge in [0.25, 0.3) is 0 Å². The van der Waals surface area contributed by atoms with E-state index in [0.717, 1.165) is 13.0 Å². The monoisotopic (exact) mass is 354 g/mol. The fraction of sp³-hybridized carbons (Fsp3) is 0.647. The van der Waals surface area contributed by atoms with Gasteiger partial charge in [0.05, 0.1) is 12.6 Å². The van der Waals surface area contributed by atoms with Crippen molar-refractivity contribution in [2.75, 3.05) is 13.1 Å². The molecule has 0 saturated carbocycles. The Kier molecular flexibility index (Phi) is 8.04. The van der Waals surface area contributed by atoms with Crippen LogP contribution in [0.1, 0.15) is 39.5 Å². The number of alkyl carbamates (subject to hydrolysis) is 1. The zero-order valence-electron chi connectivity index (χ0n) is 15.3. The number of nitrogens with two attached hydrogens (primary N) is 1. The largest absolute Gasteiger partial charge is 0.444 e. The number of carbonyl (C=O) groups is 1. The molecule has 0 fully saturated rings. The van der Waals surface area contributed by atoms with Gasteiger partial charge in [-0.3, -0.25) is 4.99 Å². The second-order valence-corrected chi connectivity index (χ2v) is 8.01. The average Bonchev–Trinajstić information content (AvgIpc) is 2.94. The molecule has 1 unspecified atom stereocenters. The number of guanidine groups is 1. The lowest BCUT2D eigenvalue weighted by molar-refractivity contribution is 0.0493. The molecule has 0 aromatic carbocycles. The molecule has 24 heavy (non-hydrogen) atoms. The summed E-state index contributed by atoms with van der Waals surface area (Å²) >= 11 is 1.73. The van der Waals surface area contributed by atoms with Gasteiger partial charge in [-0.25, -0.2) is 4.79 Å². The van der Waals surface area contributed by atoms with Gasteiger partial charge in [-0.05, 0) is 44.6 Å². The number of ether oxygens (including phenoxy) is 1. The summed E-state index contributed by atoms with van der Waals surface area (Å²) in [6, 6.07) is 4.00. The molecular formula is C17H30N4O2S. The van der Waals surface area contributed by atoms with Gasteiger partial charge >= 0.3 is 6.09 Å². The molecule has 6 nitrogen and oxygen atoms in total.